The molecule has 0 aliphatic rings. The summed E-state index contributed by atoms with van der Waals surface area (Å²) in [6, 6.07) is 0.306. The van der Waals surface area contributed by atoms with Crippen molar-refractivity contribution in [2.24, 2.45) is 5.92 Å². The lowest BCUT2D eigenvalue weighted by Gasteiger charge is -2.17. The second-order valence-corrected chi connectivity index (χ2v) is 4.81. The Morgan fingerprint density at radius 2 is 2.18 bits per heavy atom. The van der Waals surface area contributed by atoms with Crippen LogP contribution in [0.1, 0.15) is 38.9 Å². The van der Waals surface area contributed by atoms with E-state index in [9.17, 15) is 0 Å². The van der Waals surface area contributed by atoms with E-state index in [-0.39, 0.29) is 0 Å². The standard InChI is InChI=1S/C13H25N3O/c1-6-10(2)7-14-13-15-11(3)8-16(13)12(4)9-17-5/h8,10,12H,6-7,9H2,1-5H3,(H,14,15). The van der Waals surface area contributed by atoms with E-state index in [4.69, 9.17) is 4.74 Å². The Balaban J connectivity index is 2.70. The SMILES string of the molecule is CCC(C)CNc1nc(C)cn1C(C)COC. The highest BCUT2D eigenvalue weighted by Crippen LogP contribution is 2.16. The minimum atomic E-state index is 0.306. The predicted octanol–water partition coefficient (Wildman–Crippen LogP) is 2.86. The van der Waals surface area contributed by atoms with Gasteiger partial charge in [-0.1, -0.05) is 20.3 Å². The maximum Gasteiger partial charge on any atom is 0.203 e. The van der Waals surface area contributed by atoms with Gasteiger partial charge >= 0.3 is 0 Å². The molecule has 0 fully saturated rings. The van der Waals surface area contributed by atoms with Crippen molar-refractivity contribution in [3.63, 3.8) is 0 Å². The van der Waals surface area contributed by atoms with Gasteiger partial charge in [0.05, 0.1) is 18.3 Å². The van der Waals surface area contributed by atoms with Gasteiger partial charge in [-0.05, 0) is 19.8 Å². The average molecular weight is 239 g/mol. The first-order valence-electron chi connectivity index (χ1n) is 6.36. The van der Waals surface area contributed by atoms with E-state index in [1.807, 2.05) is 6.92 Å². The van der Waals surface area contributed by atoms with Crippen LogP contribution in [0.4, 0.5) is 5.95 Å². The molecule has 0 amide bonds. The Kier molecular flexibility index (Phi) is 5.48. The third kappa shape index (κ3) is 4.04. The molecule has 1 heterocycles. The Morgan fingerprint density at radius 3 is 2.76 bits per heavy atom. The molecule has 0 aliphatic carbocycles. The summed E-state index contributed by atoms with van der Waals surface area (Å²) < 4.78 is 7.35. The number of ether oxygens (including phenoxy) is 1. The highest BCUT2D eigenvalue weighted by molar-refractivity contribution is 5.29. The van der Waals surface area contributed by atoms with Crippen molar-refractivity contribution in [1.29, 1.82) is 0 Å². The number of hydrogen-bond donors (Lipinski definition) is 1. The molecular weight excluding hydrogens is 214 g/mol. The van der Waals surface area contributed by atoms with Gasteiger partial charge < -0.3 is 14.6 Å². The lowest BCUT2D eigenvalue weighted by molar-refractivity contribution is 0.163. The molecule has 98 valence electrons. The number of aryl methyl sites for hydroxylation is 1. The van der Waals surface area contributed by atoms with Crippen molar-refractivity contribution in [3.05, 3.63) is 11.9 Å². The second kappa shape index (κ2) is 6.64. The number of anilines is 1. The van der Waals surface area contributed by atoms with Crippen molar-refractivity contribution < 1.29 is 4.74 Å². The fourth-order valence-electron chi connectivity index (χ4n) is 1.71. The zero-order valence-corrected chi connectivity index (χ0v) is 11.7. The van der Waals surface area contributed by atoms with Crippen LogP contribution < -0.4 is 5.32 Å². The first-order chi connectivity index (χ1) is 8.08. The van der Waals surface area contributed by atoms with Gasteiger partial charge in [-0.15, -0.1) is 0 Å². The minimum Gasteiger partial charge on any atom is -0.383 e. The molecule has 0 saturated carbocycles. The zero-order chi connectivity index (χ0) is 12.8. The molecule has 1 aromatic heterocycles. The summed E-state index contributed by atoms with van der Waals surface area (Å²) in [5.74, 6) is 1.62. The van der Waals surface area contributed by atoms with Crippen LogP contribution in [0.25, 0.3) is 0 Å². The smallest absolute Gasteiger partial charge is 0.203 e. The van der Waals surface area contributed by atoms with Crippen LogP contribution in [0.3, 0.4) is 0 Å². The monoisotopic (exact) mass is 239 g/mol. The molecule has 0 bridgehead atoms. The van der Waals surface area contributed by atoms with Gasteiger partial charge in [-0.2, -0.15) is 0 Å². The number of hydrogen-bond acceptors (Lipinski definition) is 3. The van der Waals surface area contributed by atoms with Crippen molar-refractivity contribution >= 4 is 5.95 Å². The molecular formula is C13H25N3O. The number of imidazole rings is 1. The number of methoxy groups -OCH3 is 1. The average Bonchev–Trinajstić information content (AvgIpc) is 2.67. The van der Waals surface area contributed by atoms with Crippen LogP contribution in [-0.4, -0.2) is 29.8 Å². The third-order valence-corrected chi connectivity index (χ3v) is 3.04. The highest BCUT2D eigenvalue weighted by atomic mass is 16.5. The topological polar surface area (TPSA) is 39.1 Å². The van der Waals surface area contributed by atoms with Crippen LogP contribution in [0, 0.1) is 12.8 Å². The first kappa shape index (κ1) is 14.0. The van der Waals surface area contributed by atoms with Crippen LogP contribution >= 0.6 is 0 Å². The van der Waals surface area contributed by atoms with Gasteiger partial charge in [-0.25, -0.2) is 4.98 Å². The Morgan fingerprint density at radius 1 is 1.47 bits per heavy atom. The molecule has 4 nitrogen and oxygen atoms in total. The summed E-state index contributed by atoms with van der Waals surface area (Å²) in [4.78, 5) is 4.52. The lowest BCUT2D eigenvalue weighted by atomic mass is 10.1. The molecule has 1 aromatic rings. The van der Waals surface area contributed by atoms with E-state index < -0.39 is 0 Å². The lowest BCUT2D eigenvalue weighted by Crippen LogP contribution is -2.17. The Labute approximate surface area is 104 Å². The van der Waals surface area contributed by atoms with Gasteiger partial charge in [0.1, 0.15) is 0 Å². The van der Waals surface area contributed by atoms with Crippen LogP contribution in [-0.2, 0) is 4.74 Å². The quantitative estimate of drug-likeness (QED) is 0.795. The van der Waals surface area contributed by atoms with Gasteiger partial charge in [0.25, 0.3) is 0 Å². The van der Waals surface area contributed by atoms with Crippen molar-refractivity contribution in [2.75, 3.05) is 25.6 Å². The summed E-state index contributed by atoms with van der Waals surface area (Å²) in [6.07, 6.45) is 3.25. The molecule has 1 rings (SSSR count). The fourth-order valence-corrected chi connectivity index (χ4v) is 1.71. The van der Waals surface area contributed by atoms with Gasteiger partial charge in [-0.3, -0.25) is 0 Å². The largest absolute Gasteiger partial charge is 0.383 e. The fraction of sp³-hybridized carbons (Fsp3) is 0.769. The summed E-state index contributed by atoms with van der Waals surface area (Å²) in [7, 11) is 1.73. The summed E-state index contributed by atoms with van der Waals surface area (Å²) in [6.45, 7) is 10.3. The van der Waals surface area contributed by atoms with E-state index in [2.05, 4.69) is 41.8 Å². The number of rotatable bonds is 7. The van der Waals surface area contributed by atoms with Gasteiger partial charge in [0, 0.05) is 19.9 Å². The van der Waals surface area contributed by atoms with E-state index in [0.29, 0.717) is 18.6 Å². The van der Waals surface area contributed by atoms with E-state index in [0.717, 1.165) is 18.2 Å². The zero-order valence-electron chi connectivity index (χ0n) is 11.7. The normalized spacial score (nSPS) is 14.6. The van der Waals surface area contributed by atoms with E-state index >= 15 is 0 Å². The van der Waals surface area contributed by atoms with Crippen LogP contribution in [0.15, 0.2) is 6.20 Å². The third-order valence-electron chi connectivity index (χ3n) is 3.04. The van der Waals surface area contributed by atoms with Gasteiger partial charge in [0.2, 0.25) is 5.95 Å². The number of nitrogens with one attached hydrogen (secondary N) is 1. The second-order valence-electron chi connectivity index (χ2n) is 4.81. The Bertz CT molecular complexity index is 335. The van der Waals surface area contributed by atoms with Crippen molar-refractivity contribution in [2.45, 2.75) is 40.2 Å². The van der Waals surface area contributed by atoms with Gasteiger partial charge in [0.15, 0.2) is 0 Å². The number of nitrogens with zero attached hydrogens (tertiary/aromatic N) is 2. The van der Waals surface area contributed by atoms with E-state index in [1.54, 1.807) is 7.11 Å². The molecule has 0 saturated heterocycles. The first-order valence-corrected chi connectivity index (χ1v) is 6.36. The summed E-state index contributed by atoms with van der Waals surface area (Å²) in [5.41, 5.74) is 1.04. The molecule has 1 N–H and O–H groups in total. The molecule has 2 atom stereocenters. The number of aromatic nitrogens is 2. The summed E-state index contributed by atoms with van der Waals surface area (Å²) in [5, 5.41) is 3.42. The van der Waals surface area contributed by atoms with Crippen molar-refractivity contribution in [1.82, 2.24) is 9.55 Å². The Hall–Kier alpha value is -1.03. The van der Waals surface area contributed by atoms with Crippen LogP contribution in [0.2, 0.25) is 0 Å². The maximum atomic E-state index is 5.19. The highest BCUT2D eigenvalue weighted by Gasteiger charge is 2.12. The molecule has 0 radical (unpaired) electrons. The van der Waals surface area contributed by atoms with Crippen molar-refractivity contribution in [3.8, 4) is 0 Å². The molecule has 0 aliphatic heterocycles. The maximum absolute atomic E-state index is 5.19. The predicted molar refractivity (Wildman–Crippen MR) is 71.5 cm³/mol. The molecule has 17 heavy (non-hydrogen) atoms. The molecule has 4 heteroatoms. The van der Waals surface area contributed by atoms with E-state index in [1.165, 1.54) is 6.42 Å². The molecule has 0 aromatic carbocycles. The minimum absolute atomic E-state index is 0.306. The molecule has 0 spiro atoms. The molecule has 2 unspecified atom stereocenters. The summed E-state index contributed by atoms with van der Waals surface area (Å²) >= 11 is 0. The van der Waals surface area contributed by atoms with Crippen LogP contribution in [0.5, 0.6) is 0 Å².